The van der Waals surface area contributed by atoms with E-state index in [-0.39, 0.29) is 0 Å². The molecule has 3 nitrogen and oxygen atoms in total. The molecule has 0 saturated carbocycles. The van der Waals surface area contributed by atoms with Crippen molar-refractivity contribution in [2.24, 2.45) is 0 Å². The molecule has 0 fully saturated rings. The fourth-order valence-corrected chi connectivity index (χ4v) is 1.26. The van der Waals surface area contributed by atoms with Crippen LogP contribution in [0.3, 0.4) is 0 Å². The van der Waals surface area contributed by atoms with E-state index in [9.17, 15) is 0 Å². The van der Waals surface area contributed by atoms with Gasteiger partial charge in [0.25, 0.3) is 0 Å². The molecule has 0 bridgehead atoms. The summed E-state index contributed by atoms with van der Waals surface area (Å²) in [5.74, 6) is 1.46. The van der Waals surface area contributed by atoms with Crippen molar-refractivity contribution in [3.05, 3.63) is 30.7 Å². The zero-order valence-electron chi connectivity index (χ0n) is 9.29. The second-order valence-corrected chi connectivity index (χ2v) is 3.10. The van der Waals surface area contributed by atoms with Gasteiger partial charge in [-0.1, -0.05) is 13.0 Å². The van der Waals surface area contributed by atoms with Gasteiger partial charge in [-0.15, -0.1) is 0 Å². The highest BCUT2D eigenvalue weighted by molar-refractivity contribution is 5.42. The molecule has 0 aliphatic rings. The summed E-state index contributed by atoms with van der Waals surface area (Å²) < 4.78 is 15.7. The van der Waals surface area contributed by atoms with Gasteiger partial charge in [-0.3, -0.25) is 0 Å². The molecule has 0 saturated heterocycles. The van der Waals surface area contributed by atoms with Gasteiger partial charge in [-0.2, -0.15) is 0 Å². The van der Waals surface area contributed by atoms with Crippen molar-refractivity contribution in [1.82, 2.24) is 0 Å². The third-order valence-electron chi connectivity index (χ3n) is 2.01. The largest absolute Gasteiger partial charge is 0.493 e. The molecule has 0 unspecified atom stereocenters. The molecule has 0 aliphatic heterocycles. The van der Waals surface area contributed by atoms with Crippen LogP contribution in [0.25, 0.3) is 0 Å². The first-order valence-electron chi connectivity index (χ1n) is 4.89. The van der Waals surface area contributed by atoms with Crippen molar-refractivity contribution in [2.45, 2.75) is 13.0 Å². The van der Waals surface area contributed by atoms with Crippen molar-refractivity contribution in [1.29, 1.82) is 0 Å². The number of benzene rings is 1. The lowest BCUT2D eigenvalue weighted by atomic mass is 10.2. The lowest BCUT2D eigenvalue weighted by molar-refractivity contribution is 0.125. The van der Waals surface area contributed by atoms with Crippen LogP contribution in [0.4, 0.5) is 0 Å². The summed E-state index contributed by atoms with van der Waals surface area (Å²) in [6, 6.07) is 5.76. The third-order valence-corrected chi connectivity index (χ3v) is 2.01. The Kier molecular flexibility index (Phi) is 4.98. The topological polar surface area (TPSA) is 27.7 Å². The molecule has 83 valence electrons. The average molecular weight is 209 g/mol. The maximum Gasteiger partial charge on any atom is 0.161 e. The molecule has 0 N–H and O–H groups in total. The molecule has 0 heterocycles. The SMILES string of the molecule is [CH2]CCOCc1ccc(OC)c(OC)c1. The summed E-state index contributed by atoms with van der Waals surface area (Å²) in [6.45, 7) is 4.96. The fraction of sp³-hybridized carbons (Fsp3) is 0.417. The predicted octanol–water partition coefficient (Wildman–Crippen LogP) is 2.44. The highest BCUT2D eigenvalue weighted by atomic mass is 16.5. The van der Waals surface area contributed by atoms with Crippen molar-refractivity contribution in [3.63, 3.8) is 0 Å². The zero-order chi connectivity index (χ0) is 11.1. The maximum atomic E-state index is 5.38. The van der Waals surface area contributed by atoms with Crippen LogP contribution in [-0.4, -0.2) is 20.8 Å². The van der Waals surface area contributed by atoms with E-state index < -0.39 is 0 Å². The van der Waals surface area contributed by atoms with Crippen molar-refractivity contribution >= 4 is 0 Å². The highest BCUT2D eigenvalue weighted by Gasteiger charge is 2.03. The van der Waals surface area contributed by atoms with E-state index >= 15 is 0 Å². The average Bonchev–Trinajstić information content (AvgIpc) is 2.29. The first-order chi connectivity index (χ1) is 7.31. The molecule has 3 heteroatoms. The molecule has 0 aromatic heterocycles. The number of rotatable bonds is 6. The Bertz CT molecular complexity index is 297. The Hall–Kier alpha value is -1.22. The number of hydrogen-bond acceptors (Lipinski definition) is 3. The van der Waals surface area contributed by atoms with Crippen molar-refractivity contribution in [3.8, 4) is 11.5 Å². The fourth-order valence-electron chi connectivity index (χ4n) is 1.26. The molecule has 0 spiro atoms. The zero-order valence-corrected chi connectivity index (χ0v) is 9.29. The second kappa shape index (κ2) is 6.30. The highest BCUT2D eigenvalue weighted by Crippen LogP contribution is 2.27. The molecule has 1 aromatic carbocycles. The van der Waals surface area contributed by atoms with Crippen LogP contribution in [0.15, 0.2) is 18.2 Å². The van der Waals surface area contributed by atoms with Gasteiger partial charge in [0.2, 0.25) is 0 Å². The van der Waals surface area contributed by atoms with Crippen LogP contribution in [0.5, 0.6) is 11.5 Å². The monoisotopic (exact) mass is 209 g/mol. The quantitative estimate of drug-likeness (QED) is 0.673. The molecule has 0 atom stereocenters. The van der Waals surface area contributed by atoms with E-state index in [0.717, 1.165) is 23.5 Å². The van der Waals surface area contributed by atoms with E-state index in [1.165, 1.54) is 0 Å². The van der Waals surface area contributed by atoms with Crippen molar-refractivity contribution < 1.29 is 14.2 Å². The molecule has 1 radical (unpaired) electrons. The molecule has 1 aromatic rings. The van der Waals surface area contributed by atoms with Gasteiger partial charge in [0, 0.05) is 6.61 Å². The van der Waals surface area contributed by atoms with E-state index in [0.29, 0.717) is 13.2 Å². The first-order valence-corrected chi connectivity index (χ1v) is 4.89. The Morgan fingerprint density at radius 2 is 1.87 bits per heavy atom. The van der Waals surface area contributed by atoms with E-state index in [1.54, 1.807) is 14.2 Å². The van der Waals surface area contributed by atoms with Gasteiger partial charge in [-0.05, 0) is 24.1 Å². The summed E-state index contributed by atoms with van der Waals surface area (Å²) >= 11 is 0. The van der Waals surface area contributed by atoms with Gasteiger partial charge in [0.1, 0.15) is 0 Å². The van der Waals surface area contributed by atoms with Crippen molar-refractivity contribution in [2.75, 3.05) is 20.8 Å². The second-order valence-electron chi connectivity index (χ2n) is 3.10. The molecule has 0 aliphatic carbocycles. The number of methoxy groups -OCH3 is 2. The van der Waals surface area contributed by atoms with Crippen LogP contribution < -0.4 is 9.47 Å². The Balaban J connectivity index is 2.66. The van der Waals surface area contributed by atoms with Crippen LogP contribution in [-0.2, 0) is 11.3 Å². The van der Waals surface area contributed by atoms with E-state index in [2.05, 4.69) is 6.92 Å². The summed E-state index contributed by atoms with van der Waals surface area (Å²) in [7, 11) is 3.25. The molecular weight excluding hydrogens is 192 g/mol. The maximum absolute atomic E-state index is 5.38. The molecule has 0 amide bonds. The van der Waals surface area contributed by atoms with Gasteiger partial charge in [-0.25, -0.2) is 0 Å². The first kappa shape index (κ1) is 11.9. The Labute approximate surface area is 91.0 Å². The molecule has 15 heavy (non-hydrogen) atoms. The molecule has 1 rings (SSSR count). The van der Waals surface area contributed by atoms with Gasteiger partial charge in [0.05, 0.1) is 20.8 Å². The van der Waals surface area contributed by atoms with Gasteiger partial charge in [0.15, 0.2) is 11.5 Å². The van der Waals surface area contributed by atoms with E-state index in [1.807, 2.05) is 18.2 Å². The standard InChI is InChI=1S/C12H17O3/c1-4-7-15-9-10-5-6-11(13-2)12(8-10)14-3/h5-6,8H,1,4,7,9H2,2-3H3. The minimum absolute atomic E-state index is 0.579. The van der Waals surface area contributed by atoms with Crippen LogP contribution in [0.2, 0.25) is 0 Å². The summed E-state index contributed by atoms with van der Waals surface area (Å²) in [5.41, 5.74) is 1.07. The van der Waals surface area contributed by atoms with Gasteiger partial charge < -0.3 is 14.2 Å². The minimum Gasteiger partial charge on any atom is -0.493 e. The lowest BCUT2D eigenvalue weighted by Crippen LogP contribution is -1.96. The summed E-state index contributed by atoms with van der Waals surface area (Å²) in [4.78, 5) is 0. The molecular formula is C12H17O3. The van der Waals surface area contributed by atoms with Gasteiger partial charge >= 0.3 is 0 Å². The summed E-state index contributed by atoms with van der Waals surface area (Å²) in [6.07, 6.45) is 0.785. The third kappa shape index (κ3) is 3.44. The Morgan fingerprint density at radius 1 is 1.13 bits per heavy atom. The normalized spacial score (nSPS) is 10.1. The van der Waals surface area contributed by atoms with E-state index in [4.69, 9.17) is 14.2 Å². The summed E-state index contributed by atoms with van der Waals surface area (Å²) in [5, 5.41) is 0. The van der Waals surface area contributed by atoms with Crippen LogP contribution >= 0.6 is 0 Å². The Morgan fingerprint density at radius 3 is 2.47 bits per heavy atom. The van der Waals surface area contributed by atoms with Crippen LogP contribution in [0, 0.1) is 6.92 Å². The lowest BCUT2D eigenvalue weighted by Gasteiger charge is -2.09. The smallest absolute Gasteiger partial charge is 0.161 e. The minimum atomic E-state index is 0.579. The number of hydrogen-bond donors (Lipinski definition) is 0. The predicted molar refractivity (Wildman–Crippen MR) is 59.2 cm³/mol. The van der Waals surface area contributed by atoms with Crippen LogP contribution in [0.1, 0.15) is 12.0 Å². The number of ether oxygens (including phenoxy) is 3.